The van der Waals surface area contributed by atoms with Gasteiger partial charge in [-0.25, -0.2) is 0 Å². The predicted octanol–water partition coefficient (Wildman–Crippen LogP) is 4.51. The van der Waals surface area contributed by atoms with Crippen LogP contribution in [0.3, 0.4) is 0 Å². The average molecular weight is 358 g/mol. The first-order valence-corrected chi connectivity index (χ1v) is 8.25. The standard InChI is InChI=1S/C21H18N4O2/c1-2-21(27)25-18-5-3-4-17(12-18)24-19-10-11-22-13-20(19)23-16-8-6-15(14-26)7-9-16/h2-14,23H,1H2,(H,22,24)(H,25,27). The molecular formula is C21H18N4O2. The van der Waals surface area contributed by atoms with Crippen LogP contribution < -0.4 is 16.0 Å². The van der Waals surface area contributed by atoms with E-state index in [4.69, 9.17) is 0 Å². The zero-order chi connectivity index (χ0) is 19.1. The first kappa shape index (κ1) is 17.9. The third-order valence-electron chi connectivity index (χ3n) is 3.74. The van der Waals surface area contributed by atoms with Crippen molar-refractivity contribution in [1.29, 1.82) is 0 Å². The Morgan fingerprint density at radius 2 is 1.67 bits per heavy atom. The summed E-state index contributed by atoms with van der Waals surface area (Å²) in [5.41, 5.74) is 4.51. The Balaban J connectivity index is 1.79. The van der Waals surface area contributed by atoms with Gasteiger partial charge in [-0.1, -0.05) is 12.6 Å². The third-order valence-corrected chi connectivity index (χ3v) is 3.74. The highest BCUT2D eigenvalue weighted by Gasteiger charge is 2.05. The highest BCUT2D eigenvalue weighted by atomic mass is 16.1. The number of hydrogen-bond acceptors (Lipinski definition) is 5. The van der Waals surface area contributed by atoms with Crippen LogP contribution in [0, 0.1) is 0 Å². The molecule has 0 unspecified atom stereocenters. The first-order chi connectivity index (χ1) is 13.2. The Kier molecular flexibility index (Phi) is 5.59. The van der Waals surface area contributed by atoms with Crippen molar-refractivity contribution in [2.75, 3.05) is 16.0 Å². The highest BCUT2D eigenvalue weighted by molar-refractivity contribution is 5.99. The number of rotatable bonds is 7. The molecular weight excluding hydrogens is 340 g/mol. The summed E-state index contributed by atoms with van der Waals surface area (Å²) >= 11 is 0. The Morgan fingerprint density at radius 1 is 0.926 bits per heavy atom. The fourth-order valence-electron chi connectivity index (χ4n) is 2.43. The normalized spacial score (nSPS) is 9.93. The molecule has 2 aromatic carbocycles. The van der Waals surface area contributed by atoms with E-state index in [-0.39, 0.29) is 5.91 Å². The maximum Gasteiger partial charge on any atom is 0.247 e. The van der Waals surface area contributed by atoms with Crippen LogP contribution in [-0.4, -0.2) is 17.2 Å². The van der Waals surface area contributed by atoms with Crippen molar-refractivity contribution in [2.45, 2.75) is 0 Å². The van der Waals surface area contributed by atoms with Crippen molar-refractivity contribution in [2.24, 2.45) is 0 Å². The molecule has 0 aliphatic rings. The van der Waals surface area contributed by atoms with Crippen molar-refractivity contribution in [3.63, 3.8) is 0 Å². The number of anilines is 5. The average Bonchev–Trinajstić information content (AvgIpc) is 2.70. The van der Waals surface area contributed by atoms with Crippen LogP contribution in [0.15, 0.2) is 79.6 Å². The first-order valence-electron chi connectivity index (χ1n) is 8.25. The van der Waals surface area contributed by atoms with E-state index >= 15 is 0 Å². The van der Waals surface area contributed by atoms with Gasteiger partial charge in [-0.3, -0.25) is 14.6 Å². The Labute approximate surface area is 157 Å². The van der Waals surface area contributed by atoms with Gasteiger partial charge in [0.2, 0.25) is 5.91 Å². The predicted molar refractivity (Wildman–Crippen MR) is 108 cm³/mol. The van der Waals surface area contributed by atoms with E-state index < -0.39 is 0 Å². The fourth-order valence-corrected chi connectivity index (χ4v) is 2.43. The van der Waals surface area contributed by atoms with E-state index in [1.54, 1.807) is 30.6 Å². The number of benzene rings is 2. The van der Waals surface area contributed by atoms with Gasteiger partial charge in [0.1, 0.15) is 6.29 Å². The molecule has 3 aromatic rings. The largest absolute Gasteiger partial charge is 0.354 e. The van der Waals surface area contributed by atoms with Crippen LogP contribution >= 0.6 is 0 Å². The smallest absolute Gasteiger partial charge is 0.247 e. The molecule has 1 amide bonds. The molecule has 1 heterocycles. The molecule has 27 heavy (non-hydrogen) atoms. The number of nitrogens with one attached hydrogen (secondary N) is 3. The van der Waals surface area contributed by atoms with Gasteiger partial charge in [0.25, 0.3) is 0 Å². The van der Waals surface area contributed by atoms with E-state index in [2.05, 4.69) is 27.5 Å². The summed E-state index contributed by atoms with van der Waals surface area (Å²) in [6.45, 7) is 3.45. The molecule has 3 rings (SSSR count). The lowest BCUT2D eigenvalue weighted by Crippen LogP contribution is -2.07. The topological polar surface area (TPSA) is 83.1 Å². The van der Waals surface area contributed by atoms with Crippen molar-refractivity contribution < 1.29 is 9.59 Å². The zero-order valence-corrected chi connectivity index (χ0v) is 14.5. The van der Waals surface area contributed by atoms with Gasteiger partial charge in [0.05, 0.1) is 17.6 Å². The molecule has 134 valence electrons. The SMILES string of the molecule is C=CC(=O)Nc1cccc(Nc2ccncc2Nc2ccc(C=O)cc2)c1. The summed E-state index contributed by atoms with van der Waals surface area (Å²) in [5.74, 6) is -0.266. The molecule has 0 aliphatic heterocycles. The van der Waals surface area contributed by atoms with E-state index in [1.165, 1.54) is 6.08 Å². The summed E-state index contributed by atoms with van der Waals surface area (Å²) in [5, 5.41) is 9.32. The number of carbonyl (C=O) groups is 2. The van der Waals surface area contributed by atoms with E-state index in [1.807, 2.05) is 36.4 Å². The van der Waals surface area contributed by atoms with Gasteiger partial charge in [-0.2, -0.15) is 0 Å². The zero-order valence-electron chi connectivity index (χ0n) is 14.5. The van der Waals surface area contributed by atoms with Crippen molar-refractivity contribution in [3.8, 4) is 0 Å². The number of pyridine rings is 1. The Hall–Kier alpha value is -3.93. The molecule has 0 bridgehead atoms. The number of carbonyl (C=O) groups excluding carboxylic acids is 2. The minimum absolute atomic E-state index is 0.266. The summed E-state index contributed by atoms with van der Waals surface area (Å²) < 4.78 is 0. The van der Waals surface area contributed by atoms with E-state index in [9.17, 15) is 9.59 Å². The van der Waals surface area contributed by atoms with Gasteiger partial charge in [-0.05, 0) is 54.6 Å². The summed E-state index contributed by atoms with van der Waals surface area (Å²) in [4.78, 5) is 26.4. The quantitative estimate of drug-likeness (QED) is 0.428. The van der Waals surface area contributed by atoms with E-state index in [0.29, 0.717) is 11.3 Å². The molecule has 0 saturated carbocycles. The second-order valence-corrected chi connectivity index (χ2v) is 5.69. The Morgan fingerprint density at radius 3 is 2.41 bits per heavy atom. The number of hydrogen-bond donors (Lipinski definition) is 3. The summed E-state index contributed by atoms with van der Waals surface area (Å²) in [6, 6.07) is 16.3. The molecule has 0 spiro atoms. The lowest BCUT2D eigenvalue weighted by molar-refractivity contribution is -0.111. The monoisotopic (exact) mass is 358 g/mol. The lowest BCUT2D eigenvalue weighted by Gasteiger charge is -2.14. The van der Waals surface area contributed by atoms with Gasteiger partial charge in [0, 0.05) is 28.8 Å². The summed E-state index contributed by atoms with van der Waals surface area (Å²) in [6.07, 6.45) is 5.42. The van der Waals surface area contributed by atoms with Gasteiger partial charge in [0.15, 0.2) is 0 Å². The second-order valence-electron chi connectivity index (χ2n) is 5.69. The number of amides is 1. The third kappa shape index (κ3) is 4.79. The Bertz CT molecular complexity index is 968. The molecule has 0 atom stereocenters. The highest BCUT2D eigenvalue weighted by Crippen LogP contribution is 2.28. The molecule has 0 saturated heterocycles. The van der Waals surface area contributed by atoms with Crippen molar-refractivity contribution >= 4 is 40.6 Å². The maximum atomic E-state index is 11.5. The van der Waals surface area contributed by atoms with Gasteiger partial charge >= 0.3 is 0 Å². The lowest BCUT2D eigenvalue weighted by atomic mass is 10.2. The molecule has 1 aromatic heterocycles. The van der Waals surface area contributed by atoms with Crippen LogP contribution in [-0.2, 0) is 4.79 Å². The molecule has 3 N–H and O–H groups in total. The van der Waals surface area contributed by atoms with Crippen molar-refractivity contribution in [1.82, 2.24) is 4.98 Å². The number of aldehydes is 1. The van der Waals surface area contributed by atoms with Crippen molar-refractivity contribution in [3.05, 3.63) is 85.2 Å². The maximum absolute atomic E-state index is 11.5. The second kappa shape index (κ2) is 8.44. The minimum Gasteiger partial charge on any atom is -0.354 e. The number of aromatic nitrogens is 1. The van der Waals surface area contributed by atoms with Gasteiger partial charge < -0.3 is 16.0 Å². The van der Waals surface area contributed by atoms with E-state index in [0.717, 1.165) is 29.0 Å². The van der Waals surface area contributed by atoms with Crippen LogP contribution in [0.1, 0.15) is 10.4 Å². The van der Waals surface area contributed by atoms with Crippen LogP contribution in [0.2, 0.25) is 0 Å². The number of nitrogens with zero attached hydrogens (tertiary/aromatic N) is 1. The van der Waals surface area contributed by atoms with Crippen LogP contribution in [0.25, 0.3) is 0 Å². The fraction of sp³-hybridized carbons (Fsp3) is 0. The molecule has 0 radical (unpaired) electrons. The summed E-state index contributed by atoms with van der Waals surface area (Å²) in [7, 11) is 0. The molecule has 0 aliphatic carbocycles. The molecule has 6 nitrogen and oxygen atoms in total. The molecule has 0 fully saturated rings. The molecule has 6 heteroatoms. The van der Waals surface area contributed by atoms with Crippen LogP contribution in [0.4, 0.5) is 28.4 Å². The van der Waals surface area contributed by atoms with Gasteiger partial charge in [-0.15, -0.1) is 0 Å². The van der Waals surface area contributed by atoms with Crippen LogP contribution in [0.5, 0.6) is 0 Å². The minimum atomic E-state index is -0.266.